The van der Waals surface area contributed by atoms with E-state index in [1.807, 2.05) is 18.3 Å². The maximum Gasteiger partial charge on any atom is 0.252 e. The molecule has 2 N–H and O–H groups in total. The first-order valence-corrected chi connectivity index (χ1v) is 6.74. The van der Waals surface area contributed by atoms with Gasteiger partial charge in [0.2, 0.25) is 0 Å². The van der Waals surface area contributed by atoms with E-state index in [-0.39, 0.29) is 12.0 Å². The summed E-state index contributed by atoms with van der Waals surface area (Å²) in [6.45, 7) is 3.02. The molecule has 0 spiro atoms. The molecule has 0 bridgehead atoms. The summed E-state index contributed by atoms with van der Waals surface area (Å²) in [4.78, 5) is 21.5. The largest absolute Gasteiger partial charge is 0.374 e. The lowest BCUT2D eigenvalue weighted by atomic mass is 10.2. The van der Waals surface area contributed by atoms with Crippen molar-refractivity contribution in [1.29, 1.82) is 0 Å². The van der Waals surface area contributed by atoms with Crippen LogP contribution in [0.1, 0.15) is 10.4 Å². The Kier molecular flexibility index (Phi) is 3.66. The van der Waals surface area contributed by atoms with Gasteiger partial charge in [-0.2, -0.15) is 0 Å². The zero-order valence-corrected chi connectivity index (χ0v) is 11.4. The van der Waals surface area contributed by atoms with Crippen LogP contribution in [-0.4, -0.2) is 60.2 Å². The van der Waals surface area contributed by atoms with Crippen LogP contribution in [0.15, 0.2) is 24.5 Å². The van der Waals surface area contributed by atoms with Crippen LogP contribution in [0.2, 0.25) is 0 Å². The molecule has 2 aromatic rings. The third-order valence-electron chi connectivity index (χ3n) is 3.49. The number of fused-ring (bicyclic) bond motifs is 1. The second-order valence-corrected chi connectivity index (χ2v) is 5.10. The molecule has 106 valence electrons. The van der Waals surface area contributed by atoms with Gasteiger partial charge < -0.3 is 19.9 Å². The van der Waals surface area contributed by atoms with Gasteiger partial charge >= 0.3 is 0 Å². The Morgan fingerprint density at radius 3 is 3.40 bits per heavy atom. The second-order valence-electron chi connectivity index (χ2n) is 5.10. The van der Waals surface area contributed by atoms with Crippen molar-refractivity contribution in [2.45, 2.75) is 6.10 Å². The number of hydrogen-bond donors (Lipinski definition) is 2. The molecule has 1 aliphatic rings. The van der Waals surface area contributed by atoms with Crippen molar-refractivity contribution < 1.29 is 9.53 Å². The molecular weight excluding hydrogens is 256 g/mol. The summed E-state index contributed by atoms with van der Waals surface area (Å²) in [7, 11) is 2.06. The molecule has 3 heterocycles. The number of H-pyrrole nitrogens is 1. The predicted octanol–water partition coefficient (Wildman–Crippen LogP) is 0.623. The van der Waals surface area contributed by atoms with Gasteiger partial charge in [0.25, 0.3) is 5.91 Å². The first-order valence-electron chi connectivity index (χ1n) is 6.74. The molecule has 20 heavy (non-hydrogen) atoms. The highest BCUT2D eigenvalue weighted by Gasteiger charge is 2.18. The SMILES string of the molecule is CN1CCOC(CNC(=O)c2cnc3[nH]ccc3c2)C1. The average Bonchev–Trinajstić information content (AvgIpc) is 2.92. The zero-order chi connectivity index (χ0) is 13.9. The Balaban J connectivity index is 1.60. The van der Waals surface area contributed by atoms with Crippen molar-refractivity contribution in [3.05, 3.63) is 30.1 Å². The number of nitrogens with zero attached hydrogens (tertiary/aromatic N) is 2. The number of aromatic amines is 1. The van der Waals surface area contributed by atoms with Gasteiger partial charge in [0.05, 0.1) is 18.3 Å². The number of carbonyl (C=O) groups excluding carboxylic acids is 1. The molecule has 1 saturated heterocycles. The molecule has 1 fully saturated rings. The molecule has 0 radical (unpaired) electrons. The highest BCUT2D eigenvalue weighted by molar-refractivity contribution is 5.96. The minimum Gasteiger partial charge on any atom is -0.374 e. The smallest absolute Gasteiger partial charge is 0.252 e. The Hall–Kier alpha value is -1.92. The van der Waals surface area contributed by atoms with E-state index in [9.17, 15) is 4.79 Å². The van der Waals surface area contributed by atoms with Gasteiger partial charge in [-0.05, 0) is 19.2 Å². The molecule has 2 aromatic heterocycles. The van der Waals surface area contributed by atoms with E-state index in [0.717, 1.165) is 24.1 Å². The summed E-state index contributed by atoms with van der Waals surface area (Å²) >= 11 is 0. The van der Waals surface area contributed by atoms with Gasteiger partial charge in [0, 0.05) is 37.4 Å². The van der Waals surface area contributed by atoms with Crippen LogP contribution in [0.5, 0.6) is 0 Å². The Morgan fingerprint density at radius 1 is 1.65 bits per heavy atom. The third-order valence-corrected chi connectivity index (χ3v) is 3.49. The quantitative estimate of drug-likeness (QED) is 0.861. The van der Waals surface area contributed by atoms with Crippen molar-refractivity contribution in [2.75, 3.05) is 33.3 Å². The number of amides is 1. The lowest BCUT2D eigenvalue weighted by molar-refractivity contribution is -0.0175. The number of carbonyl (C=O) groups is 1. The maximum absolute atomic E-state index is 12.1. The topological polar surface area (TPSA) is 70.2 Å². The van der Waals surface area contributed by atoms with Crippen LogP contribution in [-0.2, 0) is 4.74 Å². The zero-order valence-electron chi connectivity index (χ0n) is 11.4. The summed E-state index contributed by atoms with van der Waals surface area (Å²) < 4.78 is 5.62. The standard InChI is InChI=1S/C14H18N4O2/c1-18-4-5-20-12(9-18)8-17-14(19)11-6-10-2-3-15-13(10)16-7-11/h2-3,6-7,12H,4-5,8-9H2,1H3,(H,15,16)(H,17,19). The maximum atomic E-state index is 12.1. The summed E-state index contributed by atoms with van der Waals surface area (Å²) in [6.07, 6.45) is 3.45. The highest BCUT2D eigenvalue weighted by atomic mass is 16.5. The van der Waals surface area contributed by atoms with E-state index in [4.69, 9.17) is 4.74 Å². The van der Waals surface area contributed by atoms with Crippen LogP contribution in [0.3, 0.4) is 0 Å². The summed E-state index contributed by atoms with van der Waals surface area (Å²) in [5.74, 6) is -0.113. The first-order chi connectivity index (χ1) is 9.72. The highest BCUT2D eigenvalue weighted by Crippen LogP contribution is 2.11. The molecule has 1 atom stereocenters. The number of ether oxygens (including phenoxy) is 1. The number of nitrogens with one attached hydrogen (secondary N) is 2. The van der Waals surface area contributed by atoms with E-state index in [0.29, 0.717) is 18.7 Å². The van der Waals surface area contributed by atoms with E-state index >= 15 is 0 Å². The van der Waals surface area contributed by atoms with Crippen molar-refractivity contribution in [1.82, 2.24) is 20.2 Å². The Bertz CT molecular complexity index is 610. The van der Waals surface area contributed by atoms with Crippen molar-refractivity contribution in [3.63, 3.8) is 0 Å². The van der Waals surface area contributed by atoms with Gasteiger partial charge in [-0.15, -0.1) is 0 Å². The molecule has 1 unspecified atom stereocenters. The van der Waals surface area contributed by atoms with E-state index < -0.39 is 0 Å². The van der Waals surface area contributed by atoms with Gasteiger partial charge in [-0.1, -0.05) is 0 Å². The van der Waals surface area contributed by atoms with E-state index in [1.54, 1.807) is 6.20 Å². The molecule has 0 aromatic carbocycles. The predicted molar refractivity (Wildman–Crippen MR) is 75.7 cm³/mol. The van der Waals surface area contributed by atoms with Crippen molar-refractivity contribution >= 4 is 16.9 Å². The number of morpholine rings is 1. The van der Waals surface area contributed by atoms with Crippen molar-refractivity contribution in [3.8, 4) is 0 Å². The second kappa shape index (κ2) is 5.60. The van der Waals surface area contributed by atoms with Crippen LogP contribution in [0, 0.1) is 0 Å². The number of aromatic nitrogens is 2. The van der Waals surface area contributed by atoms with Crippen LogP contribution < -0.4 is 5.32 Å². The van der Waals surface area contributed by atoms with E-state index in [2.05, 4.69) is 27.2 Å². The molecule has 1 amide bonds. The molecule has 6 heteroatoms. The molecule has 6 nitrogen and oxygen atoms in total. The molecule has 0 aliphatic carbocycles. The van der Waals surface area contributed by atoms with Crippen LogP contribution >= 0.6 is 0 Å². The number of hydrogen-bond acceptors (Lipinski definition) is 4. The van der Waals surface area contributed by atoms with Crippen molar-refractivity contribution in [2.24, 2.45) is 0 Å². The normalized spacial score (nSPS) is 20.1. The summed E-state index contributed by atoms with van der Waals surface area (Å²) in [5, 5.41) is 3.84. The molecule has 1 aliphatic heterocycles. The van der Waals surface area contributed by atoms with Gasteiger partial charge in [0.15, 0.2) is 0 Å². The Labute approximate surface area is 117 Å². The fourth-order valence-corrected chi connectivity index (χ4v) is 2.36. The van der Waals surface area contributed by atoms with E-state index in [1.165, 1.54) is 0 Å². The number of likely N-dealkylation sites (N-methyl/N-ethyl adjacent to an activating group) is 1. The van der Waals surface area contributed by atoms with Crippen LogP contribution in [0.25, 0.3) is 11.0 Å². The fraction of sp³-hybridized carbons (Fsp3) is 0.429. The number of pyridine rings is 1. The minimum atomic E-state index is -0.113. The van der Waals surface area contributed by atoms with Gasteiger partial charge in [-0.25, -0.2) is 4.98 Å². The van der Waals surface area contributed by atoms with Crippen LogP contribution in [0.4, 0.5) is 0 Å². The lowest BCUT2D eigenvalue weighted by Crippen LogP contribution is -2.45. The molecule has 0 saturated carbocycles. The summed E-state index contributed by atoms with van der Waals surface area (Å²) in [5.41, 5.74) is 1.36. The monoisotopic (exact) mass is 274 g/mol. The first kappa shape index (κ1) is 13.1. The number of rotatable bonds is 3. The average molecular weight is 274 g/mol. The summed E-state index contributed by atoms with van der Waals surface area (Å²) in [6, 6.07) is 3.74. The molecule has 3 rings (SSSR count). The minimum absolute atomic E-state index is 0.0571. The van der Waals surface area contributed by atoms with Gasteiger partial charge in [0.1, 0.15) is 5.65 Å². The third kappa shape index (κ3) is 2.81. The Morgan fingerprint density at radius 2 is 2.55 bits per heavy atom. The molecular formula is C14H18N4O2. The fourth-order valence-electron chi connectivity index (χ4n) is 2.36. The van der Waals surface area contributed by atoms with Gasteiger partial charge in [-0.3, -0.25) is 4.79 Å². The lowest BCUT2D eigenvalue weighted by Gasteiger charge is -2.30.